The summed E-state index contributed by atoms with van der Waals surface area (Å²) >= 11 is 0. The second-order valence-corrected chi connectivity index (χ2v) is 18.0. The van der Waals surface area contributed by atoms with Crippen LogP contribution < -0.4 is 10.4 Å². The van der Waals surface area contributed by atoms with Crippen molar-refractivity contribution < 1.29 is 39.7 Å². The van der Waals surface area contributed by atoms with Crippen LogP contribution in [0.3, 0.4) is 0 Å². The Balaban J connectivity index is 1.48. The second-order valence-electron chi connectivity index (χ2n) is 12.2. The zero-order valence-electron chi connectivity index (χ0n) is 24.4. The van der Waals surface area contributed by atoms with Crippen molar-refractivity contribution in [1.82, 2.24) is 0 Å². The summed E-state index contributed by atoms with van der Waals surface area (Å²) in [4.78, 5) is 12.6. The Morgan fingerprint density at radius 2 is 1.52 bits per heavy atom. The molecule has 6 nitrogen and oxygen atoms in total. The number of esters is 1. The number of alkyl halides is 3. The fraction of sp³-hybridized carbons (Fsp3) is 0.516. The zero-order chi connectivity index (χ0) is 30.8. The maximum atomic E-state index is 13.0. The third kappa shape index (κ3) is 6.94. The molecule has 1 unspecified atom stereocenters. The Bertz CT molecular complexity index is 1330. The van der Waals surface area contributed by atoms with Crippen LogP contribution in [-0.4, -0.2) is 41.4 Å². The molecule has 11 heteroatoms. The van der Waals surface area contributed by atoms with Gasteiger partial charge in [-0.3, -0.25) is 0 Å². The fourth-order valence-electron chi connectivity index (χ4n) is 6.10. The molecule has 0 heterocycles. The predicted octanol–water partition coefficient (Wildman–Crippen LogP) is 6.07. The van der Waals surface area contributed by atoms with Gasteiger partial charge in [-0.1, -0.05) is 81.4 Å². The number of ether oxygens (including phenoxy) is 1. The Morgan fingerprint density at radius 1 is 0.952 bits per heavy atom. The van der Waals surface area contributed by atoms with Gasteiger partial charge < -0.3 is 13.3 Å². The molecule has 2 aliphatic rings. The maximum Gasteiger partial charge on any atom is 0.534 e. The Hall–Kier alpha value is -2.63. The molecule has 0 aromatic heterocycles. The van der Waals surface area contributed by atoms with Crippen LogP contribution in [0.2, 0.25) is 5.04 Å². The summed E-state index contributed by atoms with van der Waals surface area (Å²) in [6.07, 6.45) is 2.17. The van der Waals surface area contributed by atoms with E-state index in [4.69, 9.17) is 9.16 Å². The van der Waals surface area contributed by atoms with Gasteiger partial charge in [-0.25, -0.2) is 4.79 Å². The van der Waals surface area contributed by atoms with Crippen LogP contribution in [0.4, 0.5) is 13.2 Å². The topological polar surface area (TPSA) is 78.9 Å². The molecule has 0 saturated heterocycles. The molecule has 1 fully saturated rings. The Morgan fingerprint density at radius 3 is 2.02 bits per heavy atom. The van der Waals surface area contributed by atoms with E-state index in [-0.39, 0.29) is 36.0 Å². The highest BCUT2D eigenvalue weighted by Crippen LogP contribution is 2.48. The minimum Gasteiger partial charge on any atom is -0.463 e. The average Bonchev–Trinajstić information content (AvgIpc) is 3.67. The van der Waals surface area contributed by atoms with E-state index in [1.165, 1.54) is 10.4 Å². The molecule has 42 heavy (non-hydrogen) atoms. The van der Waals surface area contributed by atoms with Crippen LogP contribution in [-0.2, 0) is 28.3 Å². The highest BCUT2D eigenvalue weighted by atomic mass is 32.2. The summed E-state index contributed by atoms with van der Waals surface area (Å²) in [6.45, 7) is 8.86. The predicted molar refractivity (Wildman–Crippen MR) is 157 cm³/mol. The quantitative estimate of drug-likeness (QED) is 0.131. The SMILES string of the molecule is CCOC(=O)C1=C(OS(=O)(=O)C(F)(F)F)CCC(C[C@H]2C[C@@H]2CO[Si](c2ccccc2)(c2ccccc2)C(C)(C)C)C1. The lowest BCUT2D eigenvalue weighted by atomic mass is 9.84. The van der Waals surface area contributed by atoms with Crippen molar-refractivity contribution in [3.63, 3.8) is 0 Å². The van der Waals surface area contributed by atoms with Crippen LogP contribution in [0, 0.1) is 17.8 Å². The first kappa shape index (κ1) is 32.3. The first-order valence-electron chi connectivity index (χ1n) is 14.3. The first-order chi connectivity index (χ1) is 19.7. The second kappa shape index (κ2) is 12.5. The van der Waals surface area contributed by atoms with Gasteiger partial charge in [0.05, 0.1) is 12.2 Å². The largest absolute Gasteiger partial charge is 0.534 e. The molecule has 2 aromatic carbocycles. The Labute approximate surface area is 247 Å². The van der Waals surface area contributed by atoms with E-state index in [9.17, 15) is 26.4 Å². The van der Waals surface area contributed by atoms with Gasteiger partial charge in [-0.05, 0) is 65.8 Å². The molecular formula is C31H39F3O6SSi. The fourth-order valence-corrected chi connectivity index (χ4v) is 11.3. The van der Waals surface area contributed by atoms with Gasteiger partial charge in [0.15, 0.2) is 0 Å². The number of hydrogen-bond donors (Lipinski definition) is 0. The van der Waals surface area contributed by atoms with Gasteiger partial charge >= 0.3 is 21.6 Å². The van der Waals surface area contributed by atoms with E-state index in [0.717, 1.165) is 12.8 Å². The summed E-state index contributed by atoms with van der Waals surface area (Å²) in [6, 6.07) is 20.8. The van der Waals surface area contributed by atoms with Crippen molar-refractivity contribution in [2.24, 2.45) is 17.8 Å². The summed E-state index contributed by atoms with van der Waals surface area (Å²) in [5.41, 5.74) is -5.70. The summed E-state index contributed by atoms with van der Waals surface area (Å²) < 4.78 is 78.6. The molecule has 0 aliphatic heterocycles. The number of hydrogen-bond acceptors (Lipinski definition) is 6. The molecule has 2 aromatic rings. The molecule has 4 rings (SSSR count). The van der Waals surface area contributed by atoms with Crippen molar-refractivity contribution in [2.75, 3.05) is 13.2 Å². The van der Waals surface area contributed by atoms with E-state index < -0.39 is 35.7 Å². The molecule has 0 radical (unpaired) electrons. The lowest BCUT2D eigenvalue weighted by Gasteiger charge is -2.43. The Kier molecular flexibility index (Phi) is 9.64. The summed E-state index contributed by atoms with van der Waals surface area (Å²) in [5, 5.41) is 2.27. The third-order valence-electron chi connectivity index (χ3n) is 8.26. The van der Waals surface area contributed by atoms with E-state index in [2.05, 4.69) is 49.2 Å². The molecule has 0 N–H and O–H groups in total. The van der Waals surface area contributed by atoms with Gasteiger partial charge in [0, 0.05) is 13.0 Å². The van der Waals surface area contributed by atoms with Crippen molar-refractivity contribution in [2.45, 2.75) is 70.3 Å². The van der Waals surface area contributed by atoms with Crippen molar-refractivity contribution >= 4 is 34.8 Å². The molecule has 2 aliphatic carbocycles. The number of allylic oxidation sites excluding steroid dienone is 1. The number of halogens is 3. The lowest BCUT2D eigenvalue weighted by Crippen LogP contribution is -2.66. The molecule has 0 amide bonds. The van der Waals surface area contributed by atoms with E-state index in [1.54, 1.807) is 6.92 Å². The average molecular weight is 625 g/mol. The molecule has 0 spiro atoms. The molecule has 230 valence electrons. The van der Waals surface area contributed by atoms with Crippen molar-refractivity contribution in [3.05, 3.63) is 72.0 Å². The van der Waals surface area contributed by atoms with Gasteiger partial charge in [0.2, 0.25) is 0 Å². The number of rotatable bonds is 11. The number of carbonyl (C=O) groups excluding carboxylic acids is 1. The maximum absolute atomic E-state index is 13.0. The van der Waals surface area contributed by atoms with Crippen LogP contribution in [0.5, 0.6) is 0 Å². The van der Waals surface area contributed by atoms with Gasteiger partial charge in [0.25, 0.3) is 8.32 Å². The van der Waals surface area contributed by atoms with Crippen molar-refractivity contribution in [3.8, 4) is 0 Å². The molecule has 0 bridgehead atoms. The normalized spacial score (nSPS) is 21.6. The molecular weight excluding hydrogens is 585 g/mol. The lowest BCUT2D eigenvalue weighted by molar-refractivity contribution is -0.139. The third-order valence-corrected chi connectivity index (χ3v) is 14.3. The number of carbonyl (C=O) groups is 1. The smallest absolute Gasteiger partial charge is 0.463 e. The van der Waals surface area contributed by atoms with Gasteiger partial charge in [-0.15, -0.1) is 0 Å². The number of benzene rings is 2. The molecule has 3 atom stereocenters. The van der Waals surface area contributed by atoms with Crippen LogP contribution in [0.25, 0.3) is 0 Å². The van der Waals surface area contributed by atoms with E-state index in [0.29, 0.717) is 24.9 Å². The highest BCUT2D eigenvalue weighted by molar-refractivity contribution is 7.87. The van der Waals surface area contributed by atoms with E-state index >= 15 is 0 Å². The first-order valence-corrected chi connectivity index (χ1v) is 17.7. The van der Waals surface area contributed by atoms with Gasteiger partial charge in [0.1, 0.15) is 5.76 Å². The summed E-state index contributed by atoms with van der Waals surface area (Å²) in [7, 11) is -8.54. The van der Waals surface area contributed by atoms with Crippen molar-refractivity contribution in [1.29, 1.82) is 0 Å². The minimum atomic E-state index is -5.87. The minimum absolute atomic E-state index is 0.00629. The van der Waals surface area contributed by atoms with Gasteiger partial charge in [-0.2, -0.15) is 21.6 Å². The van der Waals surface area contributed by atoms with Crippen LogP contribution in [0.15, 0.2) is 72.0 Å². The van der Waals surface area contributed by atoms with Crippen LogP contribution >= 0.6 is 0 Å². The monoisotopic (exact) mass is 624 g/mol. The van der Waals surface area contributed by atoms with E-state index in [1.807, 2.05) is 36.4 Å². The summed E-state index contributed by atoms with van der Waals surface area (Å²) in [5.74, 6) is -0.641. The standard InChI is InChI=1S/C31H39F3O6SSi/c1-5-38-29(35)27-19-22(16-17-28(27)40-41(36,37)31(32,33)34)18-23-20-24(23)21-39-42(30(2,3)4,25-12-8-6-9-13-25)26-14-10-7-11-15-26/h6-15,22-24H,5,16-21H2,1-4H3/t22?,23-,24+/m0/s1. The highest BCUT2D eigenvalue weighted by Gasteiger charge is 2.52. The molecule has 1 saturated carbocycles. The zero-order valence-corrected chi connectivity index (χ0v) is 26.3. The van der Waals surface area contributed by atoms with Crippen LogP contribution in [0.1, 0.15) is 59.8 Å².